The van der Waals surface area contributed by atoms with Crippen LogP contribution in [-0.2, 0) is 0 Å². The molecule has 0 bridgehead atoms. The fourth-order valence-electron chi connectivity index (χ4n) is 2.28. The molecule has 0 aliphatic carbocycles. The van der Waals surface area contributed by atoms with E-state index in [4.69, 9.17) is 27.9 Å². The van der Waals surface area contributed by atoms with Gasteiger partial charge in [-0.1, -0.05) is 55.5 Å². The highest BCUT2D eigenvalue weighted by atomic mass is 35.5. The zero-order valence-electron chi connectivity index (χ0n) is 14.7. The van der Waals surface area contributed by atoms with Crippen LogP contribution in [0.5, 0.6) is 5.75 Å². The van der Waals surface area contributed by atoms with Gasteiger partial charge in [0.05, 0.1) is 22.9 Å². The van der Waals surface area contributed by atoms with Crippen LogP contribution >= 0.6 is 23.2 Å². The number of nitrogens with zero attached hydrogens (tertiary/aromatic N) is 1. The van der Waals surface area contributed by atoms with Gasteiger partial charge in [0.1, 0.15) is 5.75 Å². The molecule has 138 valence electrons. The van der Waals surface area contributed by atoms with Gasteiger partial charge in [-0.2, -0.15) is 5.10 Å². The number of carbonyl (C=O) groups excluding carboxylic acids is 1. The minimum Gasteiger partial charge on any atom is -0.494 e. The second-order valence-electron chi connectivity index (χ2n) is 5.77. The molecule has 4 nitrogen and oxygen atoms in total. The van der Waals surface area contributed by atoms with Gasteiger partial charge < -0.3 is 4.74 Å². The van der Waals surface area contributed by atoms with Crippen molar-refractivity contribution in [2.75, 3.05) is 6.61 Å². The van der Waals surface area contributed by atoms with Crippen LogP contribution in [0.2, 0.25) is 10.0 Å². The van der Waals surface area contributed by atoms with Crippen LogP contribution in [0.4, 0.5) is 0 Å². The number of rotatable bonds is 9. The van der Waals surface area contributed by atoms with Crippen molar-refractivity contribution in [3.63, 3.8) is 0 Å². The Labute approximate surface area is 164 Å². The highest BCUT2D eigenvalue weighted by molar-refractivity contribution is 6.38. The molecule has 0 aliphatic rings. The molecular weight excluding hydrogens is 371 g/mol. The molecule has 0 saturated heterocycles. The van der Waals surface area contributed by atoms with Crippen molar-refractivity contribution in [2.24, 2.45) is 5.10 Å². The lowest BCUT2D eigenvalue weighted by atomic mass is 10.2. The molecule has 0 aliphatic heterocycles. The molecule has 26 heavy (non-hydrogen) atoms. The minimum atomic E-state index is -0.320. The third-order valence-electron chi connectivity index (χ3n) is 3.74. The molecule has 0 radical (unpaired) electrons. The van der Waals surface area contributed by atoms with E-state index in [1.54, 1.807) is 42.5 Å². The van der Waals surface area contributed by atoms with E-state index >= 15 is 0 Å². The van der Waals surface area contributed by atoms with Crippen LogP contribution in [0.3, 0.4) is 0 Å². The van der Waals surface area contributed by atoms with Gasteiger partial charge in [0, 0.05) is 11.1 Å². The Morgan fingerprint density at radius 1 is 1.08 bits per heavy atom. The van der Waals surface area contributed by atoms with Crippen LogP contribution in [-0.4, -0.2) is 18.7 Å². The molecule has 6 heteroatoms. The predicted molar refractivity (Wildman–Crippen MR) is 108 cm³/mol. The molecule has 1 N–H and O–H groups in total. The third-order valence-corrected chi connectivity index (χ3v) is 4.40. The highest BCUT2D eigenvalue weighted by Crippen LogP contribution is 2.22. The summed E-state index contributed by atoms with van der Waals surface area (Å²) in [5, 5.41) is 4.85. The topological polar surface area (TPSA) is 50.7 Å². The normalized spacial score (nSPS) is 10.9. The summed E-state index contributed by atoms with van der Waals surface area (Å²) in [4.78, 5) is 12.1. The lowest BCUT2D eigenvalue weighted by Gasteiger charge is -2.06. The van der Waals surface area contributed by atoms with Crippen LogP contribution in [0, 0.1) is 0 Å². The van der Waals surface area contributed by atoms with Gasteiger partial charge in [-0.05, 0) is 42.8 Å². The van der Waals surface area contributed by atoms with Gasteiger partial charge in [-0.3, -0.25) is 4.79 Å². The summed E-state index contributed by atoms with van der Waals surface area (Å²) >= 11 is 12.1. The van der Waals surface area contributed by atoms with E-state index < -0.39 is 0 Å². The first-order valence-electron chi connectivity index (χ1n) is 8.62. The number of halogens is 2. The number of nitrogens with one attached hydrogen (secondary N) is 1. The molecule has 2 aromatic rings. The van der Waals surface area contributed by atoms with Crippen LogP contribution < -0.4 is 10.2 Å². The van der Waals surface area contributed by atoms with Crippen LogP contribution in [0.25, 0.3) is 0 Å². The van der Waals surface area contributed by atoms with Crippen molar-refractivity contribution in [1.29, 1.82) is 0 Å². The number of hydrazone groups is 1. The Bertz CT molecular complexity index is 726. The first-order valence-corrected chi connectivity index (χ1v) is 9.37. The van der Waals surface area contributed by atoms with Crippen molar-refractivity contribution < 1.29 is 9.53 Å². The molecule has 0 fully saturated rings. The highest BCUT2D eigenvalue weighted by Gasteiger charge is 2.06. The molecule has 0 heterocycles. The van der Waals surface area contributed by atoms with Gasteiger partial charge >= 0.3 is 0 Å². The SMILES string of the molecule is CCCCCCOc1ccc(C(=O)N/N=C/c2c(Cl)cccc2Cl)cc1. The van der Waals surface area contributed by atoms with Crippen molar-refractivity contribution in [3.05, 3.63) is 63.6 Å². The Hall–Kier alpha value is -2.04. The van der Waals surface area contributed by atoms with Crippen LogP contribution in [0.1, 0.15) is 48.5 Å². The lowest BCUT2D eigenvalue weighted by molar-refractivity contribution is 0.0955. The van der Waals surface area contributed by atoms with Gasteiger partial charge in [-0.15, -0.1) is 0 Å². The number of benzene rings is 2. The lowest BCUT2D eigenvalue weighted by Crippen LogP contribution is -2.17. The Kier molecular flexibility index (Phi) is 8.45. The van der Waals surface area contributed by atoms with Gasteiger partial charge in [0.2, 0.25) is 0 Å². The zero-order valence-corrected chi connectivity index (χ0v) is 16.2. The molecule has 1 amide bonds. The van der Waals surface area contributed by atoms with E-state index in [0.717, 1.165) is 12.2 Å². The summed E-state index contributed by atoms with van der Waals surface area (Å²) in [6.07, 6.45) is 6.06. The Balaban J connectivity index is 1.85. The summed E-state index contributed by atoms with van der Waals surface area (Å²) in [5.41, 5.74) is 3.51. The smallest absolute Gasteiger partial charge is 0.271 e. The van der Waals surface area contributed by atoms with Crippen molar-refractivity contribution >= 4 is 35.3 Å². The molecule has 0 unspecified atom stereocenters. The fourth-order valence-corrected chi connectivity index (χ4v) is 2.77. The second kappa shape index (κ2) is 10.8. The average Bonchev–Trinajstić information content (AvgIpc) is 2.64. The summed E-state index contributed by atoms with van der Waals surface area (Å²) in [7, 11) is 0. The first kappa shape index (κ1) is 20.3. The quantitative estimate of drug-likeness (QED) is 0.337. The maximum atomic E-state index is 12.1. The van der Waals surface area contributed by atoms with E-state index in [1.807, 2.05) is 0 Å². The summed E-state index contributed by atoms with van der Waals surface area (Å²) in [6, 6.07) is 12.1. The van der Waals surface area contributed by atoms with E-state index in [1.165, 1.54) is 25.5 Å². The monoisotopic (exact) mass is 392 g/mol. The van der Waals surface area contributed by atoms with Crippen LogP contribution in [0.15, 0.2) is 47.6 Å². The van der Waals surface area contributed by atoms with E-state index in [9.17, 15) is 4.79 Å². The molecular formula is C20H22Cl2N2O2. The third kappa shape index (κ3) is 6.36. The second-order valence-corrected chi connectivity index (χ2v) is 6.58. The zero-order chi connectivity index (χ0) is 18.8. The van der Waals surface area contributed by atoms with Gasteiger partial charge in [-0.25, -0.2) is 5.43 Å². The molecule has 0 atom stereocenters. The van der Waals surface area contributed by atoms with E-state index in [2.05, 4.69) is 17.5 Å². The molecule has 0 spiro atoms. The predicted octanol–water partition coefficient (Wildman–Crippen LogP) is 5.72. The van der Waals surface area contributed by atoms with E-state index in [0.29, 0.717) is 27.8 Å². The summed E-state index contributed by atoms with van der Waals surface area (Å²) in [6.45, 7) is 2.87. The average molecular weight is 393 g/mol. The first-order chi connectivity index (χ1) is 12.6. The summed E-state index contributed by atoms with van der Waals surface area (Å²) < 4.78 is 5.66. The molecule has 0 aromatic heterocycles. The number of carbonyl (C=O) groups is 1. The van der Waals surface area contributed by atoms with E-state index in [-0.39, 0.29) is 5.91 Å². The Morgan fingerprint density at radius 2 is 1.77 bits per heavy atom. The molecule has 0 saturated carbocycles. The standard InChI is InChI=1S/C20H22Cl2N2O2/c1-2-3-4-5-13-26-16-11-9-15(10-12-16)20(25)24-23-14-17-18(21)7-6-8-19(17)22/h6-12,14H,2-5,13H2,1H3,(H,24,25)/b23-14+. The number of hydrogen-bond donors (Lipinski definition) is 1. The fraction of sp³-hybridized carbons (Fsp3) is 0.300. The number of hydrogen-bond acceptors (Lipinski definition) is 3. The Morgan fingerprint density at radius 3 is 2.42 bits per heavy atom. The maximum Gasteiger partial charge on any atom is 0.271 e. The van der Waals surface area contributed by atoms with Crippen molar-refractivity contribution in [3.8, 4) is 5.75 Å². The molecule has 2 aromatic carbocycles. The van der Waals surface area contributed by atoms with Crippen molar-refractivity contribution in [1.82, 2.24) is 5.43 Å². The number of unbranched alkanes of at least 4 members (excludes halogenated alkanes) is 3. The number of ether oxygens (including phenoxy) is 1. The minimum absolute atomic E-state index is 0.320. The van der Waals surface area contributed by atoms with Gasteiger partial charge in [0.25, 0.3) is 5.91 Å². The molecule has 2 rings (SSSR count). The van der Waals surface area contributed by atoms with Gasteiger partial charge in [0.15, 0.2) is 0 Å². The van der Waals surface area contributed by atoms with Crippen molar-refractivity contribution in [2.45, 2.75) is 32.6 Å². The maximum absolute atomic E-state index is 12.1. The largest absolute Gasteiger partial charge is 0.494 e. The number of amides is 1. The summed E-state index contributed by atoms with van der Waals surface area (Å²) in [5.74, 6) is 0.434.